The summed E-state index contributed by atoms with van der Waals surface area (Å²) in [5.74, 6) is 2.30. The van der Waals surface area contributed by atoms with E-state index in [1.165, 1.54) is 0 Å². The third kappa shape index (κ3) is 3.92. The van der Waals surface area contributed by atoms with Crippen LogP contribution in [0.4, 0.5) is 0 Å². The number of hydrogen-bond donors (Lipinski definition) is 0. The molecule has 0 aliphatic carbocycles. The van der Waals surface area contributed by atoms with E-state index in [-0.39, 0.29) is 0 Å². The molecule has 2 aromatic rings. The Labute approximate surface area is 132 Å². The lowest BCUT2D eigenvalue weighted by molar-refractivity contribution is 0.262. The first-order valence-corrected chi connectivity index (χ1v) is 7.24. The van der Waals surface area contributed by atoms with Crippen LogP contribution in [0.15, 0.2) is 42.5 Å². The van der Waals surface area contributed by atoms with Crippen molar-refractivity contribution < 1.29 is 14.2 Å². The van der Waals surface area contributed by atoms with Crippen molar-refractivity contribution in [3.63, 3.8) is 0 Å². The summed E-state index contributed by atoms with van der Waals surface area (Å²) in [4.78, 5) is 2.10. The molecule has 0 heterocycles. The molecule has 0 aromatic heterocycles. The topological polar surface area (TPSA) is 30.9 Å². The fourth-order valence-electron chi connectivity index (χ4n) is 2.17. The van der Waals surface area contributed by atoms with Gasteiger partial charge in [0.25, 0.3) is 0 Å². The summed E-state index contributed by atoms with van der Waals surface area (Å²) in [6.45, 7) is 1.53. The summed E-state index contributed by atoms with van der Waals surface area (Å²) in [6.07, 6.45) is 0. The van der Waals surface area contributed by atoms with Gasteiger partial charge >= 0.3 is 0 Å². The van der Waals surface area contributed by atoms with Crippen LogP contribution in [0.1, 0.15) is 0 Å². The first kappa shape index (κ1) is 16.2. The normalized spacial score (nSPS) is 10.6. The van der Waals surface area contributed by atoms with E-state index in [1.807, 2.05) is 56.6 Å². The summed E-state index contributed by atoms with van der Waals surface area (Å²) in [7, 11) is 7.34. The number of ether oxygens (including phenoxy) is 3. The monoisotopic (exact) mass is 301 g/mol. The van der Waals surface area contributed by atoms with E-state index in [9.17, 15) is 0 Å². The third-order valence-electron chi connectivity index (χ3n) is 3.38. The fourth-order valence-corrected chi connectivity index (χ4v) is 2.17. The molecule has 0 spiro atoms. The minimum absolute atomic E-state index is 0.650. The molecule has 0 saturated carbocycles. The van der Waals surface area contributed by atoms with Crippen molar-refractivity contribution in [1.29, 1.82) is 0 Å². The van der Waals surface area contributed by atoms with Gasteiger partial charge in [-0.2, -0.15) is 0 Å². The molecule has 2 rings (SSSR count). The average molecular weight is 301 g/mol. The average Bonchev–Trinajstić information content (AvgIpc) is 2.54. The Morgan fingerprint density at radius 2 is 1.59 bits per heavy atom. The van der Waals surface area contributed by atoms with Crippen LogP contribution in [0.3, 0.4) is 0 Å². The second-order valence-corrected chi connectivity index (χ2v) is 5.22. The lowest BCUT2D eigenvalue weighted by Crippen LogP contribution is -2.19. The van der Waals surface area contributed by atoms with E-state index in [0.717, 1.165) is 29.2 Å². The number of nitrogens with zero attached hydrogens (tertiary/aromatic N) is 1. The molecule has 0 saturated heterocycles. The SMILES string of the molecule is COc1ccc(-c2ccccc2OCCN(C)C)cc1OC. The van der Waals surface area contributed by atoms with Gasteiger partial charge in [-0.15, -0.1) is 0 Å². The molecular weight excluding hydrogens is 278 g/mol. The Morgan fingerprint density at radius 3 is 2.27 bits per heavy atom. The maximum absolute atomic E-state index is 5.92. The van der Waals surface area contributed by atoms with Gasteiger partial charge in [-0.25, -0.2) is 0 Å². The first-order valence-electron chi connectivity index (χ1n) is 7.24. The molecule has 0 bridgehead atoms. The summed E-state index contributed by atoms with van der Waals surface area (Å²) in [5, 5.41) is 0. The minimum atomic E-state index is 0.650. The van der Waals surface area contributed by atoms with E-state index in [0.29, 0.717) is 12.4 Å². The smallest absolute Gasteiger partial charge is 0.161 e. The van der Waals surface area contributed by atoms with Crippen LogP contribution in [0.5, 0.6) is 17.2 Å². The Hall–Kier alpha value is -2.20. The van der Waals surface area contributed by atoms with Gasteiger partial charge in [0.2, 0.25) is 0 Å². The number of para-hydroxylation sites is 1. The van der Waals surface area contributed by atoms with Crippen LogP contribution in [-0.2, 0) is 0 Å². The lowest BCUT2D eigenvalue weighted by atomic mass is 10.0. The zero-order chi connectivity index (χ0) is 15.9. The summed E-state index contributed by atoms with van der Waals surface area (Å²) in [5.41, 5.74) is 2.08. The van der Waals surface area contributed by atoms with E-state index >= 15 is 0 Å². The molecule has 0 amide bonds. The Morgan fingerprint density at radius 1 is 0.864 bits per heavy atom. The van der Waals surface area contributed by atoms with Gasteiger partial charge in [0.1, 0.15) is 12.4 Å². The number of hydrogen-bond acceptors (Lipinski definition) is 4. The Kier molecular flexibility index (Phi) is 5.67. The minimum Gasteiger partial charge on any atom is -0.493 e. The van der Waals surface area contributed by atoms with E-state index in [2.05, 4.69) is 4.90 Å². The zero-order valence-corrected chi connectivity index (χ0v) is 13.6. The predicted molar refractivity (Wildman–Crippen MR) is 89.0 cm³/mol. The van der Waals surface area contributed by atoms with Crippen molar-refractivity contribution >= 4 is 0 Å². The highest BCUT2D eigenvalue weighted by molar-refractivity contribution is 5.72. The van der Waals surface area contributed by atoms with Crippen LogP contribution in [-0.4, -0.2) is 46.4 Å². The highest BCUT2D eigenvalue weighted by atomic mass is 16.5. The van der Waals surface area contributed by atoms with E-state index in [4.69, 9.17) is 14.2 Å². The highest BCUT2D eigenvalue weighted by Gasteiger charge is 2.10. The standard InChI is InChI=1S/C18H23NO3/c1-19(2)11-12-22-16-8-6-5-7-15(16)14-9-10-17(20-3)18(13-14)21-4/h5-10,13H,11-12H2,1-4H3. The second kappa shape index (κ2) is 7.71. The molecule has 118 valence electrons. The van der Waals surface area contributed by atoms with Gasteiger partial charge in [0.05, 0.1) is 14.2 Å². The first-order chi connectivity index (χ1) is 10.7. The number of likely N-dealkylation sites (N-methyl/N-ethyl adjacent to an activating group) is 1. The van der Waals surface area contributed by atoms with Crippen molar-refractivity contribution in [3.8, 4) is 28.4 Å². The second-order valence-electron chi connectivity index (χ2n) is 5.22. The zero-order valence-electron chi connectivity index (χ0n) is 13.6. The van der Waals surface area contributed by atoms with Crippen LogP contribution < -0.4 is 14.2 Å². The van der Waals surface area contributed by atoms with Crippen LogP contribution in [0, 0.1) is 0 Å². The molecule has 0 atom stereocenters. The molecule has 0 unspecified atom stereocenters. The number of benzene rings is 2. The lowest BCUT2D eigenvalue weighted by Gasteiger charge is -2.15. The van der Waals surface area contributed by atoms with Crippen molar-refractivity contribution in [2.24, 2.45) is 0 Å². The van der Waals surface area contributed by atoms with E-state index < -0.39 is 0 Å². The van der Waals surface area contributed by atoms with Crippen molar-refractivity contribution in [3.05, 3.63) is 42.5 Å². The molecule has 0 aliphatic rings. The molecule has 4 nitrogen and oxygen atoms in total. The summed E-state index contributed by atoms with van der Waals surface area (Å²) < 4.78 is 16.6. The Balaban J connectivity index is 2.28. The highest BCUT2D eigenvalue weighted by Crippen LogP contribution is 2.36. The van der Waals surface area contributed by atoms with Gasteiger partial charge in [0, 0.05) is 12.1 Å². The van der Waals surface area contributed by atoms with Gasteiger partial charge in [-0.05, 0) is 37.9 Å². The molecule has 0 aliphatic heterocycles. The van der Waals surface area contributed by atoms with Crippen molar-refractivity contribution in [1.82, 2.24) is 4.90 Å². The molecule has 4 heteroatoms. The predicted octanol–water partition coefficient (Wildman–Crippen LogP) is 3.31. The van der Waals surface area contributed by atoms with E-state index in [1.54, 1.807) is 14.2 Å². The molecule has 0 N–H and O–H groups in total. The van der Waals surface area contributed by atoms with Gasteiger partial charge in [-0.3, -0.25) is 0 Å². The largest absolute Gasteiger partial charge is 0.493 e. The van der Waals surface area contributed by atoms with Crippen LogP contribution >= 0.6 is 0 Å². The summed E-state index contributed by atoms with van der Waals surface area (Å²) >= 11 is 0. The maximum Gasteiger partial charge on any atom is 0.161 e. The van der Waals surface area contributed by atoms with Gasteiger partial charge < -0.3 is 19.1 Å². The number of methoxy groups -OCH3 is 2. The number of rotatable bonds is 7. The summed E-state index contributed by atoms with van der Waals surface area (Å²) in [6, 6.07) is 13.9. The molecule has 2 aromatic carbocycles. The quantitative estimate of drug-likeness (QED) is 0.785. The molecular formula is C18H23NO3. The maximum atomic E-state index is 5.92. The third-order valence-corrected chi connectivity index (χ3v) is 3.38. The fraction of sp³-hybridized carbons (Fsp3) is 0.333. The molecule has 22 heavy (non-hydrogen) atoms. The molecule has 0 radical (unpaired) electrons. The van der Waals surface area contributed by atoms with Crippen LogP contribution in [0.2, 0.25) is 0 Å². The van der Waals surface area contributed by atoms with Gasteiger partial charge in [0.15, 0.2) is 11.5 Å². The van der Waals surface area contributed by atoms with Gasteiger partial charge in [-0.1, -0.05) is 24.3 Å². The molecule has 0 fully saturated rings. The van der Waals surface area contributed by atoms with Crippen molar-refractivity contribution in [2.45, 2.75) is 0 Å². The Bertz CT molecular complexity index is 611. The van der Waals surface area contributed by atoms with Crippen LogP contribution in [0.25, 0.3) is 11.1 Å². The van der Waals surface area contributed by atoms with Crippen molar-refractivity contribution in [2.75, 3.05) is 41.5 Å².